The Labute approximate surface area is 330 Å². The van der Waals surface area contributed by atoms with E-state index in [-0.39, 0.29) is 0 Å². The molecule has 57 heavy (non-hydrogen) atoms. The van der Waals surface area contributed by atoms with E-state index in [2.05, 4.69) is 187 Å². The van der Waals surface area contributed by atoms with Gasteiger partial charge in [0.15, 0.2) is 5.82 Å². The van der Waals surface area contributed by atoms with Crippen molar-refractivity contribution >= 4 is 43.5 Å². The van der Waals surface area contributed by atoms with Crippen LogP contribution in [0.15, 0.2) is 206 Å². The average molecular weight is 727 g/mol. The zero-order chi connectivity index (χ0) is 37.7. The molecule has 11 aromatic rings. The summed E-state index contributed by atoms with van der Waals surface area (Å²) in [6.45, 7) is 0. The first-order valence-corrected chi connectivity index (χ1v) is 19.3. The molecule has 0 spiro atoms. The van der Waals surface area contributed by atoms with Crippen LogP contribution in [0.25, 0.3) is 105 Å². The van der Waals surface area contributed by atoms with Crippen LogP contribution in [0.4, 0.5) is 0 Å². The second-order valence-electron chi connectivity index (χ2n) is 14.4. The maximum atomic E-state index is 5.47. The van der Waals surface area contributed by atoms with Gasteiger partial charge in [0, 0.05) is 49.5 Å². The van der Waals surface area contributed by atoms with Gasteiger partial charge < -0.3 is 4.57 Å². The van der Waals surface area contributed by atoms with Crippen molar-refractivity contribution in [2.45, 2.75) is 0 Å². The number of hydrogen-bond acceptors (Lipinski definition) is 3. The molecular formula is C53H34N4. The molecule has 3 heterocycles. The summed E-state index contributed by atoms with van der Waals surface area (Å²) in [4.78, 5) is 15.7. The van der Waals surface area contributed by atoms with Gasteiger partial charge in [0.25, 0.3) is 0 Å². The number of hydrogen-bond donors (Lipinski definition) is 0. The van der Waals surface area contributed by atoms with Crippen LogP contribution in [-0.2, 0) is 0 Å². The van der Waals surface area contributed by atoms with E-state index in [9.17, 15) is 0 Å². The van der Waals surface area contributed by atoms with Gasteiger partial charge in [0.2, 0.25) is 0 Å². The number of nitrogens with zero attached hydrogens (tertiary/aromatic N) is 4. The summed E-state index contributed by atoms with van der Waals surface area (Å²) in [6.07, 6.45) is 0. The maximum Gasteiger partial charge on any atom is 0.160 e. The minimum Gasteiger partial charge on any atom is -0.308 e. The summed E-state index contributed by atoms with van der Waals surface area (Å²) in [5.74, 6) is 0.696. The van der Waals surface area contributed by atoms with E-state index in [0.29, 0.717) is 5.82 Å². The molecule has 266 valence electrons. The summed E-state index contributed by atoms with van der Waals surface area (Å²) in [5, 5.41) is 5.76. The summed E-state index contributed by atoms with van der Waals surface area (Å²) >= 11 is 0. The van der Waals surface area contributed by atoms with Gasteiger partial charge in [0.1, 0.15) is 0 Å². The van der Waals surface area contributed by atoms with Gasteiger partial charge in [-0.3, -0.25) is 0 Å². The average Bonchev–Trinajstić information content (AvgIpc) is 3.65. The molecule has 0 aliphatic carbocycles. The Bertz CT molecular complexity index is 3240. The van der Waals surface area contributed by atoms with Gasteiger partial charge in [0.05, 0.1) is 33.6 Å². The van der Waals surface area contributed by atoms with Crippen LogP contribution in [0.1, 0.15) is 0 Å². The van der Waals surface area contributed by atoms with Gasteiger partial charge in [-0.1, -0.05) is 182 Å². The minimum absolute atomic E-state index is 0.696. The van der Waals surface area contributed by atoms with Crippen molar-refractivity contribution < 1.29 is 0 Å². The van der Waals surface area contributed by atoms with Crippen molar-refractivity contribution in [1.29, 1.82) is 0 Å². The highest BCUT2D eigenvalue weighted by atomic mass is 15.0. The standard InChI is InChI=1S/C53H34N4/c1-4-14-35(15-5-1)36-24-26-38(27-25-36)46-34-47(55-53(54-46)41-19-8-3-9-20-41)39-28-31-42(32-29-39)57-48-23-13-12-22-44(48)49-50(40-17-6-2-7-18-40)56-51-43-21-11-10-16-37(43)30-33-45(51)52(49)57/h1-34H. The predicted octanol–water partition coefficient (Wildman–Crippen LogP) is 13.6. The number of rotatable bonds is 6. The summed E-state index contributed by atoms with van der Waals surface area (Å²) in [7, 11) is 0. The summed E-state index contributed by atoms with van der Waals surface area (Å²) in [5.41, 5.74) is 13.6. The molecule has 11 rings (SSSR count). The molecule has 0 aliphatic rings. The smallest absolute Gasteiger partial charge is 0.160 e. The Morgan fingerprint density at radius 1 is 0.351 bits per heavy atom. The maximum absolute atomic E-state index is 5.47. The van der Waals surface area contributed by atoms with Crippen LogP contribution < -0.4 is 0 Å². The second kappa shape index (κ2) is 13.6. The highest BCUT2D eigenvalue weighted by Crippen LogP contribution is 2.43. The molecule has 0 bridgehead atoms. The SMILES string of the molecule is c1ccc(-c2ccc(-c3cc(-c4ccc(-n5c6ccccc6c6c(-c7ccccc7)nc7c8ccccc8ccc7c65)cc4)nc(-c4ccccc4)n3)cc2)cc1. The van der Waals surface area contributed by atoms with Crippen LogP contribution in [0.2, 0.25) is 0 Å². The Balaban J connectivity index is 1.09. The quantitative estimate of drug-likeness (QED) is 0.160. The first kappa shape index (κ1) is 32.7. The van der Waals surface area contributed by atoms with E-state index in [1.807, 2.05) is 24.3 Å². The molecule has 0 unspecified atom stereocenters. The highest BCUT2D eigenvalue weighted by molar-refractivity contribution is 6.25. The van der Waals surface area contributed by atoms with Crippen LogP contribution in [0.5, 0.6) is 0 Å². The van der Waals surface area contributed by atoms with E-state index >= 15 is 0 Å². The lowest BCUT2D eigenvalue weighted by Crippen LogP contribution is -1.98. The Morgan fingerprint density at radius 3 is 1.56 bits per heavy atom. The Hall–Kier alpha value is -7.69. The summed E-state index contributed by atoms with van der Waals surface area (Å²) in [6, 6.07) is 72.5. The van der Waals surface area contributed by atoms with Crippen molar-refractivity contribution in [3.8, 4) is 62.0 Å². The van der Waals surface area contributed by atoms with E-state index in [0.717, 1.165) is 77.7 Å². The molecule has 0 saturated heterocycles. The monoisotopic (exact) mass is 726 g/mol. The molecule has 0 saturated carbocycles. The van der Waals surface area contributed by atoms with Crippen molar-refractivity contribution in [2.75, 3.05) is 0 Å². The fraction of sp³-hybridized carbons (Fsp3) is 0. The fourth-order valence-corrected chi connectivity index (χ4v) is 8.25. The fourth-order valence-electron chi connectivity index (χ4n) is 8.25. The zero-order valence-electron chi connectivity index (χ0n) is 30.9. The van der Waals surface area contributed by atoms with Crippen LogP contribution >= 0.6 is 0 Å². The lowest BCUT2D eigenvalue weighted by molar-refractivity contribution is 1.17. The molecule has 8 aromatic carbocycles. The van der Waals surface area contributed by atoms with Crippen molar-refractivity contribution in [2.24, 2.45) is 0 Å². The number of fused-ring (bicyclic) bond motifs is 7. The summed E-state index contributed by atoms with van der Waals surface area (Å²) < 4.78 is 2.41. The highest BCUT2D eigenvalue weighted by Gasteiger charge is 2.21. The molecule has 0 N–H and O–H groups in total. The van der Waals surface area contributed by atoms with E-state index < -0.39 is 0 Å². The Kier molecular flexibility index (Phi) is 7.78. The first-order valence-electron chi connectivity index (χ1n) is 19.3. The van der Waals surface area contributed by atoms with Crippen molar-refractivity contribution in [3.05, 3.63) is 206 Å². The Morgan fingerprint density at radius 2 is 0.877 bits per heavy atom. The van der Waals surface area contributed by atoms with Gasteiger partial charge in [-0.2, -0.15) is 0 Å². The van der Waals surface area contributed by atoms with Crippen LogP contribution in [-0.4, -0.2) is 19.5 Å². The molecule has 0 aliphatic heterocycles. The van der Waals surface area contributed by atoms with E-state index in [4.69, 9.17) is 15.0 Å². The lowest BCUT2D eigenvalue weighted by atomic mass is 10.00. The van der Waals surface area contributed by atoms with Crippen LogP contribution in [0, 0.1) is 0 Å². The largest absolute Gasteiger partial charge is 0.308 e. The molecule has 3 aromatic heterocycles. The third-order valence-corrected chi connectivity index (χ3v) is 11.0. The van der Waals surface area contributed by atoms with Gasteiger partial charge in [-0.15, -0.1) is 0 Å². The van der Waals surface area contributed by atoms with Gasteiger partial charge >= 0.3 is 0 Å². The van der Waals surface area contributed by atoms with E-state index in [1.165, 1.54) is 21.9 Å². The molecule has 0 radical (unpaired) electrons. The van der Waals surface area contributed by atoms with Crippen LogP contribution in [0.3, 0.4) is 0 Å². The van der Waals surface area contributed by atoms with E-state index in [1.54, 1.807) is 0 Å². The number of pyridine rings is 1. The molecule has 4 nitrogen and oxygen atoms in total. The number of benzene rings is 8. The first-order chi connectivity index (χ1) is 28.3. The van der Waals surface area contributed by atoms with Crippen molar-refractivity contribution in [3.63, 3.8) is 0 Å². The van der Waals surface area contributed by atoms with Gasteiger partial charge in [-0.05, 0) is 40.8 Å². The normalized spacial score (nSPS) is 11.5. The number of aromatic nitrogens is 4. The molecule has 0 amide bonds. The molecular weight excluding hydrogens is 693 g/mol. The topological polar surface area (TPSA) is 43.6 Å². The molecule has 0 fully saturated rings. The zero-order valence-corrected chi connectivity index (χ0v) is 30.9. The third kappa shape index (κ3) is 5.66. The van der Waals surface area contributed by atoms with Gasteiger partial charge in [-0.25, -0.2) is 15.0 Å². The molecule has 0 atom stereocenters. The third-order valence-electron chi connectivity index (χ3n) is 11.0. The molecule has 4 heteroatoms. The minimum atomic E-state index is 0.696. The lowest BCUT2D eigenvalue weighted by Gasteiger charge is -2.14. The second-order valence-corrected chi connectivity index (χ2v) is 14.4. The predicted molar refractivity (Wildman–Crippen MR) is 236 cm³/mol. The number of para-hydroxylation sites is 1. The van der Waals surface area contributed by atoms with Crippen molar-refractivity contribution in [1.82, 2.24) is 19.5 Å².